The number of hydrogen-bond donors (Lipinski definition) is 1. The smallest absolute Gasteiger partial charge is 0.364 e. The van der Waals surface area contributed by atoms with Crippen LogP contribution in [-0.2, 0) is 13.7 Å². The Kier molecular flexibility index (Phi) is 4.72. The highest BCUT2D eigenvalue weighted by Crippen LogP contribution is 2.23. The molecule has 2 aromatic carbocycles. The van der Waals surface area contributed by atoms with Crippen LogP contribution in [0.3, 0.4) is 0 Å². The number of nitrogens with zero attached hydrogens (tertiary/aromatic N) is 3. The van der Waals surface area contributed by atoms with Crippen LogP contribution in [0.25, 0.3) is 5.69 Å². The van der Waals surface area contributed by atoms with E-state index in [0.717, 1.165) is 22.6 Å². The summed E-state index contributed by atoms with van der Waals surface area (Å²) in [6.45, 7) is 2.28. The summed E-state index contributed by atoms with van der Waals surface area (Å²) in [6, 6.07) is 18.9. The van der Waals surface area contributed by atoms with Crippen molar-refractivity contribution in [2.75, 3.05) is 0 Å². The van der Waals surface area contributed by atoms with Crippen molar-refractivity contribution in [2.45, 2.75) is 13.5 Å². The second kappa shape index (κ2) is 7.48. The lowest BCUT2D eigenvalue weighted by Crippen LogP contribution is -2.40. The third-order valence-electron chi connectivity index (χ3n) is 4.41. The molecule has 4 rings (SSSR count). The standard InChI is InChI=1S/C21H20N4O3/c1-15-7-6-10-19(25-21(26)24(2)23-25)18(15)14-27-20-12-11-17(13-22-20)28-16-8-4-3-5-9-16/h3-13,23H,14H2,1-2H3. The largest absolute Gasteiger partial charge is 0.473 e. The van der Waals surface area contributed by atoms with E-state index in [9.17, 15) is 4.79 Å². The van der Waals surface area contributed by atoms with Crippen LogP contribution in [0.1, 0.15) is 11.1 Å². The van der Waals surface area contributed by atoms with E-state index in [0.29, 0.717) is 18.2 Å². The first-order valence-corrected chi connectivity index (χ1v) is 8.86. The number of aromatic amines is 1. The molecule has 0 fully saturated rings. The minimum Gasteiger partial charge on any atom is -0.473 e. The van der Waals surface area contributed by atoms with Crippen molar-refractivity contribution in [2.24, 2.45) is 7.05 Å². The van der Waals surface area contributed by atoms with Gasteiger partial charge >= 0.3 is 5.69 Å². The van der Waals surface area contributed by atoms with E-state index in [1.54, 1.807) is 19.3 Å². The Morgan fingerprint density at radius 2 is 1.82 bits per heavy atom. The maximum absolute atomic E-state index is 12.0. The number of pyridine rings is 1. The van der Waals surface area contributed by atoms with Gasteiger partial charge in [0.15, 0.2) is 0 Å². The SMILES string of the molecule is Cc1cccc(-n2[nH]n(C)c2=O)c1COc1ccc(Oc2ccccc2)cn1. The fourth-order valence-corrected chi connectivity index (χ4v) is 2.87. The normalized spacial score (nSPS) is 10.8. The van der Waals surface area contributed by atoms with Gasteiger partial charge in [-0.3, -0.25) is 0 Å². The number of aromatic nitrogens is 4. The minimum atomic E-state index is -0.118. The van der Waals surface area contributed by atoms with Crippen LogP contribution in [0.5, 0.6) is 17.4 Å². The fraction of sp³-hybridized carbons (Fsp3) is 0.143. The van der Waals surface area contributed by atoms with Gasteiger partial charge in [0, 0.05) is 18.7 Å². The Hall–Kier alpha value is -3.74. The predicted octanol–water partition coefficient (Wildman–Crippen LogP) is 3.58. The van der Waals surface area contributed by atoms with Crippen molar-refractivity contribution in [1.29, 1.82) is 0 Å². The highest BCUT2D eigenvalue weighted by atomic mass is 16.5. The van der Waals surface area contributed by atoms with Crippen LogP contribution in [0.15, 0.2) is 71.7 Å². The van der Waals surface area contributed by atoms with Crippen molar-refractivity contribution < 1.29 is 9.47 Å². The van der Waals surface area contributed by atoms with Crippen molar-refractivity contribution in [1.82, 2.24) is 19.6 Å². The number of aryl methyl sites for hydroxylation is 2. The summed E-state index contributed by atoms with van der Waals surface area (Å²) >= 11 is 0. The van der Waals surface area contributed by atoms with Gasteiger partial charge in [-0.05, 0) is 36.8 Å². The summed E-state index contributed by atoms with van der Waals surface area (Å²) in [4.78, 5) is 16.3. The van der Waals surface area contributed by atoms with Crippen molar-refractivity contribution in [3.05, 3.63) is 88.5 Å². The number of nitrogens with one attached hydrogen (secondary N) is 1. The number of benzene rings is 2. The van der Waals surface area contributed by atoms with Gasteiger partial charge < -0.3 is 9.47 Å². The number of para-hydroxylation sites is 1. The average Bonchev–Trinajstić information content (AvgIpc) is 2.72. The Bertz CT molecular complexity index is 1120. The van der Waals surface area contributed by atoms with Crippen LogP contribution in [0.4, 0.5) is 0 Å². The topological polar surface area (TPSA) is 74.1 Å². The van der Waals surface area contributed by atoms with Gasteiger partial charge in [-0.1, -0.05) is 30.3 Å². The molecule has 0 amide bonds. The van der Waals surface area contributed by atoms with E-state index < -0.39 is 0 Å². The van der Waals surface area contributed by atoms with Gasteiger partial charge in [0.05, 0.1) is 11.9 Å². The van der Waals surface area contributed by atoms with Crippen molar-refractivity contribution in [3.63, 3.8) is 0 Å². The summed E-state index contributed by atoms with van der Waals surface area (Å²) in [6.07, 6.45) is 1.62. The molecular formula is C21H20N4O3. The molecule has 0 saturated carbocycles. The molecule has 0 aliphatic heterocycles. The molecular weight excluding hydrogens is 356 g/mol. The molecule has 0 aliphatic rings. The van der Waals surface area contributed by atoms with E-state index in [1.807, 2.05) is 61.5 Å². The zero-order valence-corrected chi connectivity index (χ0v) is 15.6. The van der Waals surface area contributed by atoms with E-state index in [-0.39, 0.29) is 5.69 Å². The Morgan fingerprint density at radius 3 is 2.50 bits per heavy atom. The number of H-pyrrole nitrogens is 1. The van der Waals surface area contributed by atoms with E-state index in [4.69, 9.17) is 9.47 Å². The summed E-state index contributed by atoms with van der Waals surface area (Å²) in [5.41, 5.74) is 2.60. The Morgan fingerprint density at radius 1 is 1.00 bits per heavy atom. The molecule has 7 heteroatoms. The summed E-state index contributed by atoms with van der Waals surface area (Å²) < 4.78 is 14.5. The minimum absolute atomic E-state index is 0.118. The lowest BCUT2D eigenvalue weighted by Gasteiger charge is -2.18. The van der Waals surface area contributed by atoms with Crippen LogP contribution >= 0.6 is 0 Å². The van der Waals surface area contributed by atoms with Crippen molar-refractivity contribution in [3.8, 4) is 23.1 Å². The molecule has 142 valence electrons. The second-order valence-corrected chi connectivity index (χ2v) is 6.39. The molecule has 0 bridgehead atoms. The monoisotopic (exact) mass is 376 g/mol. The first-order valence-electron chi connectivity index (χ1n) is 8.86. The van der Waals surface area contributed by atoms with Gasteiger partial charge in [-0.25, -0.2) is 19.7 Å². The lowest BCUT2D eigenvalue weighted by atomic mass is 10.1. The molecule has 0 saturated heterocycles. The fourth-order valence-electron chi connectivity index (χ4n) is 2.87. The lowest BCUT2D eigenvalue weighted by molar-refractivity contribution is 0.290. The average molecular weight is 376 g/mol. The molecule has 0 spiro atoms. The highest BCUT2D eigenvalue weighted by molar-refractivity contribution is 5.44. The zero-order chi connectivity index (χ0) is 19.5. The Balaban J connectivity index is 1.48. The predicted molar refractivity (Wildman–Crippen MR) is 105 cm³/mol. The third kappa shape index (κ3) is 3.55. The van der Waals surface area contributed by atoms with Gasteiger partial charge in [0.25, 0.3) is 0 Å². The molecule has 0 atom stereocenters. The first-order chi connectivity index (χ1) is 13.6. The van der Waals surface area contributed by atoms with Gasteiger partial charge in [0.1, 0.15) is 18.1 Å². The number of ether oxygens (including phenoxy) is 2. The zero-order valence-electron chi connectivity index (χ0n) is 15.6. The second-order valence-electron chi connectivity index (χ2n) is 6.39. The van der Waals surface area contributed by atoms with E-state index in [1.165, 1.54) is 9.36 Å². The Labute approximate surface area is 161 Å². The molecule has 0 unspecified atom stereocenters. The molecule has 2 heterocycles. The number of hydrogen-bond acceptors (Lipinski definition) is 4. The highest BCUT2D eigenvalue weighted by Gasteiger charge is 2.14. The molecule has 2 aromatic heterocycles. The molecule has 1 N–H and O–H groups in total. The van der Waals surface area contributed by atoms with Crippen molar-refractivity contribution >= 4 is 0 Å². The van der Waals surface area contributed by atoms with Crippen LogP contribution < -0.4 is 15.2 Å². The summed E-state index contributed by atoms with van der Waals surface area (Å²) in [5, 5.41) is 2.93. The van der Waals surface area contributed by atoms with Crippen LogP contribution in [0.2, 0.25) is 0 Å². The van der Waals surface area contributed by atoms with E-state index >= 15 is 0 Å². The quantitative estimate of drug-likeness (QED) is 0.558. The maximum atomic E-state index is 12.0. The molecule has 0 radical (unpaired) electrons. The molecule has 0 aliphatic carbocycles. The van der Waals surface area contributed by atoms with Crippen LogP contribution in [0, 0.1) is 6.92 Å². The van der Waals surface area contributed by atoms with Gasteiger partial charge in [-0.15, -0.1) is 0 Å². The molecule has 4 aromatic rings. The third-order valence-corrected chi connectivity index (χ3v) is 4.41. The summed E-state index contributed by atoms with van der Waals surface area (Å²) in [5.74, 6) is 1.86. The number of rotatable bonds is 6. The maximum Gasteiger partial charge on any atom is 0.364 e. The van der Waals surface area contributed by atoms with Gasteiger partial charge in [-0.2, -0.15) is 4.68 Å². The van der Waals surface area contributed by atoms with Crippen LogP contribution in [-0.4, -0.2) is 19.6 Å². The molecule has 7 nitrogen and oxygen atoms in total. The summed E-state index contributed by atoms with van der Waals surface area (Å²) in [7, 11) is 1.67. The molecule has 28 heavy (non-hydrogen) atoms. The first kappa shape index (κ1) is 17.7. The van der Waals surface area contributed by atoms with Gasteiger partial charge in [0.2, 0.25) is 5.88 Å². The van der Waals surface area contributed by atoms with E-state index in [2.05, 4.69) is 10.2 Å².